The van der Waals surface area contributed by atoms with E-state index in [9.17, 15) is 24.8 Å². The first kappa shape index (κ1) is 22.8. The van der Waals surface area contributed by atoms with E-state index in [-0.39, 0.29) is 30.7 Å². The highest BCUT2D eigenvalue weighted by Crippen LogP contribution is 2.62. The van der Waals surface area contributed by atoms with E-state index < -0.39 is 41.0 Å². The number of carbonyl (C=O) groups is 2. The molecule has 0 spiro atoms. The molecule has 2 aromatic carbocycles. The van der Waals surface area contributed by atoms with E-state index in [4.69, 9.17) is 9.26 Å². The quantitative estimate of drug-likeness (QED) is 0.413. The van der Waals surface area contributed by atoms with Crippen LogP contribution in [0.5, 0.6) is 0 Å². The number of pyridine rings is 1. The van der Waals surface area contributed by atoms with Crippen molar-refractivity contribution in [3.05, 3.63) is 70.6 Å². The first-order valence-corrected chi connectivity index (χ1v) is 12.4. The van der Waals surface area contributed by atoms with Crippen LogP contribution in [0, 0.1) is 23.2 Å². The van der Waals surface area contributed by atoms with Gasteiger partial charge in [0.25, 0.3) is 11.3 Å². The van der Waals surface area contributed by atoms with Crippen LogP contribution in [0.3, 0.4) is 0 Å². The third-order valence-corrected chi connectivity index (χ3v) is 8.54. The number of benzene rings is 2. The second-order valence-corrected chi connectivity index (χ2v) is 10.4. The number of carbonyl (C=O) groups excluding carboxylic acids is 2. The Balaban J connectivity index is 1.29. The number of nitriles is 1. The molecular weight excluding hydrogens is 488 g/mol. The molecule has 2 bridgehead atoms. The summed E-state index contributed by atoms with van der Waals surface area (Å²) in [5.41, 5.74) is -1.71. The van der Waals surface area contributed by atoms with Crippen LogP contribution in [0.15, 0.2) is 64.0 Å². The lowest BCUT2D eigenvalue weighted by molar-refractivity contribution is -0.134. The molecule has 5 heterocycles. The number of anilines is 1. The average molecular weight is 511 g/mol. The number of imide groups is 1. The van der Waals surface area contributed by atoms with E-state index in [1.165, 1.54) is 15.8 Å². The van der Waals surface area contributed by atoms with E-state index in [2.05, 4.69) is 11.1 Å². The molecule has 4 aromatic rings. The van der Waals surface area contributed by atoms with Gasteiger partial charge in [-0.3, -0.25) is 14.4 Å². The van der Waals surface area contributed by atoms with Gasteiger partial charge in [0.15, 0.2) is 0 Å². The number of aliphatic hydroxyl groups excluding tert-OH is 1. The number of aliphatic hydroxyl groups is 1. The molecule has 3 aliphatic heterocycles. The summed E-state index contributed by atoms with van der Waals surface area (Å²) in [4.78, 5) is 46.0. The molecule has 190 valence electrons. The van der Waals surface area contributed by atoms with Gasteiger partial charge in [0.2, 0.25) is 11.8 Å². The zero-order valence-electron chi connectivity index (χ0n) is 20.3. The molecule has 3 fully saturated rings. The predicted octanol–water partition coefficient (Wildman–Crippen LogP) is 2.50. The summed E-state index contributed by atoms with van der Waals surface area (Å²) in [6, 6.07) is 15.8. The molecular formula is C28H22N4O6. The van der Waals surface area contributed by atoms with Gasteiger partial charge < -0.3 is 14.4 Å². The van der Waals surface area contributed by atoms with E-state index in [1.807, 2.05) is 0 Å². The summed E-state index contributed by atoms with van der Waals surface area (Å²) in [6.07, 6.45) is 0.898. The summed E-state index contributed by atoms with van der Waals surface area (Å²) >= 11 is 0. The second-order valence-electron chi connectivity index (χ2n) is 10.4. The van der Waals surface area contributed by atoms with Gasteiger partial charge in [0.05, 0.1) is 47.4 Å². The zero-order chi connectivity index (χ0) is 26.4. The van der Waals surface area contributed by atoms with E-state index in [0.717, 1.165) is 0 Å². The van der Waals surface area contributed by atoms with Gasteiger partial charge in [-0.25, -0.2) is 9.88 Å². The first-order valence-electron chi connectivity index (χ1n) is 12.4. The monoisotopic (exact) mass is 510 g/mol. The maximum Gasteiger partial charge on any atom is 0.292 e. The van der Waals surface area contributed by atoms with Crippen LogP contribution in [-0.2, 0) is 20.9 Å². The van der Waals surface area contributed by atoms with E-state index in [0.29, 0.717) is 27.4 Å². The molecule has 3 aliphatic rings. The lowest BCUT2D eigenvalue weighted by Crippen LogP contribution is -2.49. The summed E-state index contributed by atoms with van der Waals surface area (Å²) in [7, 11) is 0. The number of amides is 2. The van der Waals surface area contributed by atoms with Crippen LogP contribution in [0.1, 0.15) is 25.3 Å². The first-order chi connectivity index (χ1) is 18.3. The fourth-order valence-corrected chi connectivity index (χ4v) is 6.78. The number of aryl methyl sites for hydroxylation is 1. The highest BCUT2D eigenvalue weighted by atomic mass is 16.6. The Kier molecular flexibility index (Phi) is 4.57. The van der Waals surface area contributed by atoms with Crippen LogP contribution < -0.4 is 10.5 Å². The molecule has 38 heavy (non-hydrogen) atoms. The molecule has 0 radical (unpaired) electrons. The highest BCUT2D eigenvalue weighted by molar-refractivity contribution is 6.26. The Morgan fingerprint density at radius 2 is 1.79 bits per heavy atom. The molecule has 0 unspecified atom stereocenters. The van der Waals surface area contributed by atoms with E-state index >= 15 is 0 Å². The Bertz CT molecular complexity index is 1790. The molecule has 3 saturated heterocycles. The average Bonchev–Trinajstić information content (AvgIpc) is 3.57. The Morgan fingerprint density at radius 1 is 1.05 bits per heavy atom. The van der Waals surface area contributed by atoms with Gasteiger partial charge in [-0.05, 0) is 37.6 Å². The van der Waals surface area contributed by atoms with Gasteiger partial charge in [-0.15, -0.1) is 0 Å². The van der Waals surface area contributed by atoms with Crippen molar-refractivity contribution < 1.29 is 24.0 Å². The summed E-state index contributed by atoms with van der Waals surface area (Å²) in [5.74, 6) is -2.58. The number of fused-ring (bicyclic) bond motifs is 7. The fourth-order valence-electron chi connectivity index (χ4n) is 6.78. The largest absolute Gasteiger partial charge is 0.390 e. The molecule has 10 heteroatoms. The molecule has 2 aromatic heterocycles. The number of ether oxygens (including phenoxy) is 1. The maximum absolute atomic E-state index is 14.0. The Morgan fingerprint density at radius 3 is 2.55 bits per heavy atom. The van der Waals surface area contributed by atoms with Crippen LogP contribution in [-0.4, -0.2) is 44.0 Å². The van der Waals surface area contributed by atoms with Gasteiger partial charge in [-0.1, -0.05) is 24.3 Å². The Hall–Kier alpha value is -4.33. The number of rotatable bonds is 4. The normalized spacial score (nSPS) is 29.9. The van der Waals surface area contributed by atoms with Crippen molar-refractivity contribution in [3.8, 4) is 6.07 Å². The number of aromatic nitrogens is 2. The van der Waals surface area contributed by atoms with Crippen LogP contribution in [0.4, 0.5) is 5.69 Å². The van der Waals surface area contributed by atoms with E-state index in [1.54, 1.807) is 55.5 Å². The third-order valence-electron chi connectivity index (χ3n) is 8.54. The number of nitrogens with zero attached hydrogens (tertiary/aromatic N) is 4. The zero-order valence-corrected chi connectivity index (χ0v) is 20.3. The van der Waals surface area contributed by atoms with Gasteiger partial charge >= 0.3 is 0 Å². The molecule has 2 amide bonds. The van der Waals surface area contributed by atoms with Gasteiger partial charge in [0.1, 0.15) is 11.0 Å². The van der Waals surface area contributed by atoms with Crippen LogP contribution in [0.25, 0.3) is 21.9 Å². The van der Waals surface area contributed by atoms with Crippen LogP contribution >= 0.6 is 0 Å². The lowest BCUT2D eigenvalue weighted by Gasteiger charge is -2.33. The highest BCUT2D eigenvalue weighted by Gasteiger charge is 2.77. The van der Waals surface area contributed by atoms with Crippen molar-refractivity contribution in [2.24, 2.45) is 11.8 Å². The van der Waals surface area contributed by atoms with Crippen molar-refractivity contribution in [3.63, 3.8) is 0 Å². The van der Waals surface area contributed by atoms with Crippen molar-refractivity contribution in [1.29, 1.82) is 5.26 Å². The molecule has 7 rings (SSSR count). The number of hydrogen-bond donors (Lipinski definition) is 1. The third kappa shape index (κ3) is 2.77. The minimum Gasteiger partial charge on any atom is -0.390 e. The maximum atomic E-state index is 14.0. The lowest BCUT2D eigenvalue weighted by atomic mass is 9.66. The smallest absolute Gasteiger partial charge is 0.292 e. The standard InChI is InChI=1S/C28H22N4O6/c1-27-20(33)13-28(38-27,10-12-31-24(34)18-7-4-11-30-23(18)37-31)22-21(27)25(35)32(26(22)36)19-9-8-15(14-29)16-5-2-3-6-17(16)19/h2-9,11,20-22,33H,10,12-13H2,1H3/t20-,21-,22+,27-,28+/m0/s1. The minimum atomic E-state index is -1.26. The van der Waals surface area contributed by atoms with Crippen LogP contribution in [0.2, 0.25) is 0 Å². The summed E-state index contributed by atoms with van der Waals surface area (Å²) in [5, 5.41) is 22.2. The van der Waals surface area contributed by atoms with Crippen molar-refractivity contribution in [1.82, 2.24) is 9.72 Å². The fraction of sp³-hybridized carbons (Fsp3) is 0.321. The molecule has 1 N–H and O–H groups in total. The molecule has 0 saturated carbocycles. The number of hydrogen-bond acceptors (Lipinski definition) is 8. The van der Waals surface area contributed by atoms with Crippen molar-refractivity contribution >= 4 is 39.4 Å². The molecule has 0 aliphatic carbocycles. The summed E-state index contributed by atoms with van der Waals surface area (Å²) < 4.78 is 13.2. The van der Waals surface area contributed by atoms with Gasteiger partial charge in [0, 0.05) is 23.4 Å². The SMILES string of the molecule is C[C@]12O[C@](CCn3oc4ncccc4c3=O)(C[C@@H]1O)[C@H]1C(=O)N(c3ccc(C#N)c4ccccc34)C(=O)[C@H]12. The topological polar surface area (TPSA) is 139 Å². The minimum absolute atomic E-state index is 0.0858. The summed E-state index contributed by atoms with van der Waals surface area (Å²) in [6.45, 7) is 1.76. The predicted molar refractivity (Wildman–Crippen MR) is 134 cm³/mol. The van der Waals surface area contributed by atoms with Crippen molar-refractivity contribution in [2.45, 2.75) is 43.6 Å². The molecule has 5 atom stereocenters. The second kappa shape index (κ2) is 7.60. The van der Waals surface area contributed by atoms with Gasteiger partial charge in [-0.2, -0.15) is 10.0 Å². The molecule has 10 nitrogen and oxygen atoms in total. The van der Waals surface area contributed by atoms with Crippen molar-refractivity contribution in [2.75, 3.05) is 4.90 Å². The Labute approximate surface area is 215 Å².